The lowest BCUT2D eigenvalue weighted by Crippen LogP contribution is -2.56. The Labute approximate surface area is 215 Å². The van der Waals surface area contributed by atoms with Crippen LogP contribution in [0.3, 0.4) is 0 Å². The van der Waals surface area contributed by atoms with Crippen LogP contribution >= 0.6 is 11.6 Å². The van der Waals surface area contributed by atoms with Gasteiger partial charge in [0.1, 0.15) is 12.2 Å². The molecule has 2 bridgehead atoms. The Bertz CT molecular complexity index is 1290. The first-order chi connectivity index (χ1) is 17.3. The number of hydrogen-bond acceptors (Lipinski definition) is 7. The average Bonchev–Trinajstić information content (AvgIpc) is 3.14. The minimum atomic E-state index is -4.16. The Hall–Kier alpha value is -2.22. The number of aliphatic hydroxyl groups excluding tert-OH is 3. The van der Waals surface area contributed by atoms with E-state index in [1.54, 1.807) is 0 Å². The summed E-state index contributed by atoms with van der Waals surface area (Å²) in [6.07, 6.45) is -2.67. The molecule has 1 amide bonds. The van der Waals surface area contributed by atoms with Crippen molar-refractivity contribution in [1.82, 2.24) is 0 Å². The van der Waals surface area contributed by atoms with Crippen LogP contribution in [0.5, 0.6) is 0 Å². The van der Waals surface area contributed by atoms with Crippen LogP contribution in [-0.4, -0.2) is 64.4 Å². The molecule has 0 radical (unpaired) electrons. The number of rotatable bonds is 7. The van der Waals surface area contributed by atoms with Gasteiger partial charge < -0.3 is 25.7 Å². The third kappa shape index (κ3) is 5.10. The van der Waals surface area contributed by atoms with Gasteiger partial charge in [-0.3, -0.25) is 4.79 Å². The number of halogens is 4. The van der Waals surface area contributed by atoms with Crippen LogP contribution in [0.25, 0.3) is 0 Å². The zero-order valence-corrected chi connectivity index (χ0v) is 20.8. The van der Waals surface area contributed by atoms with Gasteiger partial charge in [-0.1, -0.05) is 11.6 Å². The van der Waals surface area contributed by atoms with E-state index in [4.69, 9.17) is 16.7 Å². The van der Waals surface area contributed by atoms with Crippen molar-refractivity contribution in [2.45, 2.75) is 53.6 Å². The zero-order chi connectivity index (χ0) is 27.3. The van der Waals surface area contributed by atoms with Gasteiger partial charge in [-0.25, -0.2) is 21.6 Å². The molecule has 0 heterocycles. The number of benzene rings is 2. The van der Waals surface area contributed by atoms with Crippen molar-refractivity contribution in [3.8, 4) is 0 Å². The molecule has 2 fully saturated rings. The lowest BCUT2D eigenvalue weighted by atomic mass is 9.73. The Balaban J connectivity index is 1.60. The van der Waals surface area contributed by atoms with Gasteiger partial charge in [0.05, 0.1) is 27.4 Å². The molecule has 37 heavy (non-hydrogen) atoms. The number of nitrogens with one attached hydrogen (secondary N) is 1. The van der Waals surface area contributed by atoms with Crippen LogP contribution in [0.1, 0.15) is 36.0 Å². The summed E-state index contributed by atoms with van der Waals surface area (Å²) < 4.78 is 67.6. The lowest BCUT2D eigenvalue weighted by Gasteiger charge is -2.44. The zero-order valence-electron chi connectivity index (χ0n) is 19.2. The Morgan fingerprint density at radius 3 is 2.19 bits per heavy atom. The summed E-state index contributed by atoms with van der Waals surface area (Å²) in [5.41, 5.74) is -2.35. The van der Waals surface area contributed by atoms with Gasteiger partial charge in [0, 0.05) is 23.4 Å². The van der Waals surface area contributed by atoms with E-state index in [2.05, 4.69) is 5.32 Å². The molecule has 4 rings (SSSR count). The summed E-state index contributed by atoms with van der Waals surface area (Å²) in [7, 11) is -4.16. The fourth-order valence-electron chi connectivity index (χ4n) is 5.62. The van der Waals surface area contributed by atoms with E-state index in [1.165, 1.54) is 12.1 Å². The quantitative estimate of drug-likeness (QED) is 0.325. The molecular weight excluding hydrogens is 539 g/mol. The fraction of sp³-hybridized carbons (Fsp3) is 0.458. The monoisotopic (exact) mass is 563 g/mol. The van der Waals surface area contributed by atoms with Gasteiger partial charge in [0.25, 0.3) is 5.91 Å². The van der Waals surface area contributed by atoms with Gasteiger partial charge in [-0.05, 0) is 55.7 Å². The molecular formula is C24H25ClF3NO7S. The van der Waals surface area contributed by atoms with Crippen molar-refractivity contribution < 1.29 is 46.8 Å². The first kappa shape index (κ1) is 27.8. The van der Waals surface area contributed by atoms with Gasteiger partial charge in [0.2, 0.25) is 0 Å². The number of amides is 1. The molecule has 2 saturated carbocycles. The van der Waals surface area contributed by atoms with Crippen LogP contribution in [0.4, 0.5) is 18.9 Å². The molecule has 0 spiro atoms. The number of carbonyl (C=O) groups excluding carboxylic acids is 1. The highest BCUT2D eigenvalue weighted by Crippen LogP contribution is 2.52. The van der Waals surface area contributed by atoms with E-state index in [-0.39, 0.29) is 34.0 Å². The van der Waals surface area contributed by atoms with Crippen molar-refractivity contribution in [3.05, 3.63) is 58.4 Å². The minimum Gasteiger partial charge on any atom is -0.394 e. The first-order valence-corrected chi connectivity index (χ1v) is 13.4. The maximum Gasteiger partial charge on any atom is 0.255 e. The molecule has 6 atom stereocenters. The van der Waals surface area contributed by atoms with Gasteiger partial charge >= 0.3 is 0 Å². The molecule has 0 saturated heterocycles. The minimum absolute atomic E-state index is 0.134. The van der Waals surface area contributed by atoms with Crippen LogP contribution in [0.15, 0.2) is 35.2 Å². The molecule has 13 heteroatoms. The normalized spacial score (nSPS) is 27.1. The van der Waals surface area contributed by atoms with Gasteiger partial charge in [-0.2, -0.15) is 0 Å². The molecule has 3 unspecified atom stereocenters. The second-order valence-corrected chi connectivity index (χ2v) is 12.1. The SMILES string of the molecule is O=C(Nc1cc(F)c(F)c(F)c1)c1ccc(Cl)c(S(=O)(=O)[C@H]2C3CC[C@H]2C[C@](O)(C(O)C(O)CO)C3)c1. The molecule has 5 N–H and O–H groups in total. The first-order valence-electron chi connectivity index (χ1n) is 11.5. The van der Waals surface area contributed by atoms with Crippen LogP contribution in [0.2, 0.25) is 5.02 Å². The Morgan fingerprint density at radius 2 is 1.65 bits per heavy atom. The molecule has 2 aromatic rings. The molecule has 0 aromatic heterocycles. The Kier molecular flexibility index (Phi) is 7.63. The van der Waals surface area contributed by atoms with E-state index in [1.807, 2.05) is 0 Å². The molecule has 202 valence electrons. The van der Waals surface area contributed by atoms with Crippen LogP contribution in [-0.2, 0) is 9.84 Å². The largest absolute Gasteiger partial charge is 0.394 e. The van der Waals surface area contributed by atoms with Crippen molar-refractivity contribution in [1.29, 1.82) is 0 Å². The highest BCUT2D eigenvalue weighted by molar-refractivity contribution is 7.92. The predicted octanol–water partition coefficient (Wildman–Crippen LogP) is 2.42. The highest BCUT2D eigenvalue weighted by Gasteiger charge is 2.57. The maximum atomic E-state index is 13.7. The molecule has 2 aromatic carbocycles. The van der Waals surface area contributed by atoms with E-state index in [9.17, 15) is 41.7 Å². The topological polar surface area (TPSA) is 144 Å². The number of fused-ring (bicyclic) bond motifs is 2. The van der Waals surface area contributed by atoms with E-state index in [0.29, 0.717) is 25.0 Å². The van der Waals surface area contributed by atoms with Crippen molar-refractivity contribution in [2.24, 2.45) is 11.8 Å². The summed E-state index contributed by atoms with van der Waals surface area (Å²) in [5.74, 6) is -6.83. The number of sulfone groups is 1. The lowest BCUT2D eigenvalue weighted by molar-refractivity contribution is -0.158. The van der Waals surface area contributed by atoms with Crippen molar-refractivity contribution in [2.75, 3.05) is 11.9 Å². The van der Waals surface area contributed by atoms with Crippen molar-refractivity contribution >= 4 is 33.0 Å². The third-order valence-corrected chi connectivity index (χ3v) is 10.1. The predicted molar refractivity (Wildman–Crippen MR) is 126 cm³/mol. The highest BCUT2D eigenvalue weighted by atomic mass is 35.5. The summed E-state index contributed by atoms with van der Waals surface area (Å²) in [6.45, 7) is -0.776. The Morgan fingerprint density at radius 1 is 1.08 bits per heavy atom. The fourth-order valence-corrected chi connectivity index (χ4v) is 8.46. The number of hydrogen-bond donors (Lipinski definition) is 5. The standard InChI is InChI=1S/C24H25ClF3NO7S/c25-15-4-3-11(23(33)29-14-6-16(26)20(28)17(27)7-14)5-19(15)37(35,36)21-12-1-2-13(21)9-24(34,8-12)22(32)18(31)10-30/h3-7,12-13,18,21-22,30-32,34H,1-2,8-10H2,(H,29,33)/t12-,13?,18?,21+,22?,24+/m0/s1. The summed E-state index contributed by atoms with van der Waals surface area (Å²) in [6, 6.07) is 4.60. The average molecular weight is 564 g/mol. The number of aliphatic hydroxyl groups is 4. The summed E-state index contributed by atoms with van der Waals surface area (Å²) in [4.78, 5) is 12.3. The van der Waals surface area contributed by atoms with E-state index >= 15 is 0 Å². The summed E-state index contributed by atoms with van der Waals surface area (Å²) >= 11 is 6.20. The van der Waals surface area contributed by atoms with Crippen LogP contribution < -0.4 is 5.32 Å². The van der Waals surface area contributed by atoms with Gasteiger partial charge in [0.15, 0.2) is 27.3 Å². The van der Waals surface area contributed by atoms with E-state index in [0.717, 1.165) is 6.07 Å². The van der Waals surface area contributed by atoms with Crippen molar-refractivity contribution in [3.63, 3.8) is 0 Å². The second-order valence-electron chi connectivity index (χ2n) is 9.67. The van der Waals surface area contributed by atoms with E-state index < -0.39 is 74.7 Å². The molecule has 2 aliphatic carbocycles. The molecule has 8 nitrogen and oxygen atoms in total. The third-order valence-electron chi connectivity index (χ3n) is 7.27. The smallest absolute Gasteiger partial charge is 0.255 e. The molecule has 0 aliphatic heterocycles. The summed E-state index contributed by atoms with van der Waals surface area (Å²) in [5, 5.41) is 41.3. The second kappa shape index (κ2) is 10.2. The molecule has 2 aliphatic rings. The maximum absolute atomic E-state index is 13.7. The van der Waals surface area contributed by atoms with Gasteiger partial charge in [-0.15, -0.1) is 0 Å². The number of carbonyl (C=O) groups is 1. The number of anilines is 1. The van der Waals surface area contributed by atoms with Crippen LogP contribution in [0, 0.1) is 29.3 Å².